The van der Waals surface area contributed by atoms with Crippen molar-refractivity contribution in [1.82, 2.24) is 0 Å². The van der Waals surface area contributed by atoms with Gasteiger partial charge in [0.05, 0.1) is 0 Å². The molecule has 0 aromatic heterocycles. The van der Waals surface area contributed by atoms with E-state index in [1.54, 1.807) is 0 Å². The highest BCUT2D eigenvalue weighted by Crippen LogP contribution is 2.16. The molecule has 0 rings (SSSR count). The molecule has 0 saturated carbocycles. The van der Waals surface area contributed by atoms with E-state index in [0.717, 1.165) is 103 Å². The fourth-order valence-corrected chi connectivity index (χ4v) is 7.53. The van der Waals surface area contributed by atoms with Crippen LogP contribution in [0.25, 0.3) is 0 Å². The molecule has 0 fully saturated rings. The highest BCUT2D eigenvalue weighted by Gasteiger charge is 2.19. The van der Waals surface area contributed by atoms with Crippen molar-refractivity contribution in [1.29, 1.82) is 0 Å². The first-order chi connectivity index (χ1) is 31.0. The zero-order valence-electron chi connectivity index (χ0n) is 41.6. The second kappa shape index (κ2) is 51.7. The molecule has 364 valence electrons. The van der Waals surface area contributed by atoms with Crippen LogP contribution in [0, 0.1) is 0 Å². The van der Waals surface area contributed by atoms with Crippen LogP contribution < -0.4 is 0 Å². The minimum Gasteiger partial charge on any atom is -0.462 e. The summed E-state index contributed by atoms with van der Waals surface area (Å²) in [6.45, 7) is 6.43. The second-order valence-electron chi connectivity index (χ2n) is 17.8. The number of unbranched alkanes of at least 4 members (excludes halogenated alkanes) is 27. The van der Waals surface area contributed by atoms with Crippen molar-refractivity contribution in [3.05, 3.63) is 60.8 Å². The zero-order chi connectivity index (χ0) is 45.8. The van der Waals surface area contributed by atoms with E-state index in [1.807, 2.05) is 0 Å². The summed E-state index contributed by atoms with van der Waals surface area (Å²) in [4.78, 5) is 37.7. The number of hydrogen-bond donors (Lipinski definition) is 0. The highest BCUT2D eigenvalue weighted by atomic mass is 16.6. The van der Waals surface area contributed by atoms with Gasteiger partial charge in [0.2, 0.25) is 0 Å². The third kappa shape index (κ3) is 50.0. The van der Waals surface area contributed by atoms with Crippen LogP contribution in [0.3, 0.4) is 0 Å². The van der Waals surface area contributed by atoms with Crippen LogP contribution in [0.15, 0.2) is 60.8 Å². The molecule has 0 aliphatic carbocycles. The van der Waals surface area contributed by atoms with Gasteiger partial charge in [-0.3, -0.25) is 14.4 Å². The molecule has 0 aromatic rings. The van der Waals surface area contributed by atoms with Crippen molar-refractivity contribution >= 4 is 17.9 Å². The first-order valence-corrected chi connectivity index (χ1v) is 26.8. The third-order valence-corrected chi connectivity index (χ3v) is 11.5. The van der Waals surface area contributed by atoms with E-state index >= 15 is 0 Å². The van der Waals surface area contributed by atoms with E-state index in [1.165, 1.54) is 122 Å². The van der Waals surface area contributed by atoms with Gasteiger partial charge in [0.1, 0.15) is 13.2 Å². The molecule has 0 saturated heterocycles. The number of hydrogen-bond acceptors (Lipinski definition) is 6. The fourth-order valence-electron chi connectivity index (χ4n) is 7.53. The molecule has 0 spiro atoms. The largest absolute Gasteiger partial charge is 0.462 e. The molecule has 0 aliphatic rings. The van der Waals surface area contributed by atoms with E-state index in [2.05, 4.69) is 81.5 Å². The molecule has 0 N–H and O–H groups in total. The van der Waals surface area contributed by atoms with E-state index in [4.69, 9.17) is 14.2 Å². The normalized spacial score (nSPS) is 12.5. The highest BCUT2D eigenvalue weighted by molar-refractivity contribution is 5.71. The molecule has 0 amide bonds. The SMILES string of the molecule is CC/C=C\C/C=C\C/C=C\C/C=C\C/C=C\CCCCCC(=O)OC(COC(=O)CCCCCCC)COC(=O)CCCCCCCCCCCCCCCCCCCCCCC. The van der Waals surface area contributed by atoms with Gasteiger partial charge < -0.3 is 14.2 Å². The summed E-state index contributed by atoms with van der Waals surface area (Å²) in [7, 11) is 0. The van der Waals surface area contributed by atoms with Crippen LogP contribution in [0.5, 0.6) is 0 Å². The predicted octanol–water partition coefficient (Wildman–Crippen LogP) is 17.6. The van der Waals surface area contributed by atoms with E-state index in [-0.39, 0.29) is 31.1 Å². The Labute approximate surface area is 390 Å². The van der Waals surface area contributed by atoms with Crippen LogP contribution in [0.1, 0.15) is 265 Å². The van der Waals surface area contributed by atoms with Crippen LogP contribution in [0.2, 0.25) is 0 Å². The lowest BCUT2D eigenvalue weighted by Gasteiger charge is -2.18. The molecule has 6 nitrogen and oxygen atoms in total. The summed E-state index contributed by atoms with van der Waals surface area (Å²) in [6.07, 6.45) is 64.0. The molecule has 6 heteroatoms. The molecule has 63 heavy (non-hydrogen) atoms. The molecule has 1 unspecified atom stereocenters. The first kappa shape index (κ1) is 60.1. The van der Waals surface area contributed by atoms with Gasteiger partial charge in [-0.1, -0.05) is 242 Å². The lowest BCUT2D eigenvalue weighted by Crippen LogP contribution is -2.30. The lowest BCUT2D eigenvalue weighted by atomic mass is 10.0. The van der Waals surface area contributed by atoms with E-state index < -0.39 is 6.10 Å². The van der Waals surface area contributed by atoms with Crippen molar-refractivity contribution in [3.8, 4) is 0 Å². The van der Waals surface area contributed by atoms with Gasteiger partial charge in [0, 0.05) is 19.3 Å². The summed E-state index contributed by atoms with van der Waals surface area (Å²) in [5, 5.41) is 0. The molecule has 0 bridgehead atoms. The summed E-state index contributed by atoms with van der Waals surface area (Å²) < 4.78 is 16.7. The average Bonchev–Trinajstić information content (AvgIpc) is 3.28. The van der Waals surface area contributed by atoms with Crippen molar-refractivity contribution < 1.29 is 28.6 Å². The zero-order valence-corrected chi connectivity index (χ0v) is 41.6. The summed E-state index contributed by atoms with van der Waals surface area (Å²) in [6, 6.07) is 0. The smallest absolute Gasteiger partial charge is 0.306 e. The fraction of sp³-hybridized carbons (Fsp3) is 0.772. The van der Waals surface area contributed by atoms with Gasteiger partial charge in [0.25, 0.3) is 0 Å². The Morgan fingerprint density at radius 1 is 0.333 bits per heavy atom. The van der Waals surface area contributed by atoms with Gasteiger partial charge in [-0.05, 0) is 64.2 Å². The van der Waals surface area contributed by atoms with Crippen LogP contribution >= 0.6 is 0 Å². The van der Waals surface area contributed by atoms with Crippen LogP contribution in [-0.2, 0) is 28.6 Å². The second-order valence-corrected chi connectivity index (χ2v) is 17.8. The Kier molecular flexibility index (Phi) is 49.4. The van der Waals surface area contributed by atoms with Gasteiger partial charge in [-0.15, -0.1) is 0 Å². The van der Waals surface area contributed by atoms with Gasteiger partial charge in [0.15, 0.2) is 6.10 Å². The lowest BCUT2D eigenvalue weighted by molar-refractivity contribution is -0.167. The summed E-state index contributed by atoms with van der Waals surface area (Å²) in [5.74, 6) is -0.925. The predicted molar refractivity (Wildman–Crippen MR) is 270 cm³/mol. The Balaban J connectivity index is 4.17. The first-order valence-electron chi connectivity index (χ1n) is 26.8. The van der Waals surface area contributed by atoms with E-state index in [9.17, 15) is 14.4 Å². The van der Waals surface area contributed by atoms with Gasteiger partial charge in [-0.2, -0.15) is 0 Å². The number of carbonyl (C=O) groups is 3. The maximum Gasteiger partial charge on any atom is 0.306 e. The Morgan fingerprint density at radius 2 is 0.619 bits per heavy atom. The van der Waals surface area contributed by atoms with Crippen molar-refractivity contribution in [2.24, 2.45) is 0 Å². The standard InChI is InChI=1S/C57H100O6/c1-4-7-10-13-15-17-19-21-23-25-27-28-30-31-33-35-37-39-41-44-47-50-56(59)62-53-54(52-61-55(58)49-46-43-12-9-6-3)63-57(60)51-48-45-42-40-38-36-34-32-29-26-24-22-20-18-16-14-11-8-5-2/h8,11,16,18,22,24,29,32,36,38,54H,4-7,9-10,12-15,17,19-21,23,25-28,30-31,33-35,37,39-53H2,1-3H3/b11-8-,18-16-,24-22-,32-29-,38-36-. The number of carbonyl (C=O) groups excluding carboxylic acids is 3. The van der Waals surface area contributed by atoms with Crippen molar-refractivity contribution in [3.63, 3.8) is 0 Å². The number of ether oxygens (including phenoxy) is 3. The van der Waals surface area contributed by atoms with E-state index in [0.29, 0.717) is 19.3 Å². The molecular formula is C57H100O6. The molecule has 0 radical (unpaired) electrons. The molecule has 0 aliphatic heterocycles. The van der Waals surface area contributed by atoms with Crippen LogP contribution in [0.4, 0.5) is 0 Å². The third-order valence-electron chi connectivity index (χ3n) is 11.5. The van der Waals surface area contributed by atoms with Crippen molar-refractivity contribution in [2.45, 2.75) is 271 Å². The van der Waals surface area contributed by atoms with Gasteiger partial charge in [-0.25, -0.2) is 0 Å². The molecule has 0 heterocycles. The summed E-state index contributed by atoms with van der Waals surface area (Å²) in [5.41, 5.74) is 0. The molecular weight excluding hydrogens is 781 g/mol. The van der Waals surface area contributed by atoms with Crippen molar-refractivity contribution in [2.75, 3.05) is 13.2 Å². The quantitative estimate of drug-likeness (QED) is 0.0262. The average molecular weight is 881 g/mol. The maximum atomic E-state index is 12.7. The monoisotopic (exact) mass is 881 g/mol. The van der Waals surface area contributed by atoms with Gasteiger partial charge >= 0.3 is 17.9 Å². The topological polar surface area (TPSA) is 78.9 Å². The maximum absolute atomic E-state index is 12.7. The van der Waals surface area contributed by atoms with Crippen LogP contribution in [-0.4, -0.2) is 37.2 Å². The Hall–Kier alpha value is -2.89. The summed E-state index contributed by atoms with van der Waals surface area (Å²) >= 11 is 0. The number of rotatable bonds is 48. The number of esters is 3. The molecule has 0 aromatic carbocycles. The Bertz CT molecular complexity index is 1150. The minimum absolute atomic E-state index is 0.0856. The minimum atomic E-state index is -0.786. The Morgan fingerprint density at radius 3 is 0.968 bits per heavy atom. The number of allylic oxidation sites excluding steroid dienone is 10. The molecule has 1 atom stereocenters.